The smallest absolute Gasteiger partial charge is 0.338 e. The van der Waals surface area contributed by atoms with Crippen molar-refractivity contribution in [2.75, 3.05) is 34.5 Å². The van der Waals surface area contributed by atoms with Crippen molar-refractivity contribution in [2.45, 2.75) is 4.90 Å². The second-order valence-electron chi connectivity index (χ2n) is 5.38. The number of carbonyl (C=O) groups is 1. The minimum Gasteiger partial charge on any atom is -0.495 e. The predicted molar refractivity (Wildman–Crippen MR) is 97.1 cm³/mol. The van der Waals surface area contributed by atoms with Crippen molar-refractivity contribution in [2.24, 2.45) is 0 Å². The molecule has 0 aliphatic heterocycles. The summed E-state index contributed by atoms with van der Waals surface area (Å²) in [6.07, 6.45) is 0. The minimum absolute atomic E-state index is 0.00484. The van der Waals surface area contributed by atoms with Gasteiger partial charge in [-0.2, -0.15) is 0 Å². The second kappa shape index (κ2) is 9.49. The summed E-state index contributed by atoms with van der Waals surface area (Å²) in [6, 6.07) is 9.67. The lowest BCUT2D eigenvalue weighted by molar-refractivity contribution is -0.0259. The number of sulfonamides is 1. The number of methoxy groups -OCH3 is 1. The highest BCUT2D eigenvalue weighted by atomic mass is 32.2. The van der Waals surface area contributed by atoms with Gasteiger partial charge in [0.2, 0.25) is 0 Å². The first-order chi connectivity index (χ1) is 13.3. The standard InChI is InChI=1S/C18H20FNO7S/c1-20(25-3)28(22,23)17-12-13(8-9-16(17)24-2)18(21)27-11-10-26-15-7-5-4-6-14(15)19/h4-9,12H,10-11H2,1-3H3. The number of carbonyl (C=O) groups excluding carboxylic acids is 1. The molecule has 0 spiro atoms. The number of nitrogens with zero attached hydrogens (tertiary/aromatic N) is 1. The monoisotopic (exact) mass is 413 g/mol. The summed E-state index contributed by atoms with van der Waals surface area (Å²) in [4.78, 5) is 16.7. The van der Waals surface area contributed by atoms with Gasteiger partial charge in [-0.05, 0) is 30.3 Å². The van der Waals surface area contributed by atoms with Gasteiger partial charge < -0.3 is 14.2 Å². The zero-order valence-electron chi connectivity index (χ0n) is 15.5. The molecule has 0 radical (unpaired) electrons. The molecule has 2 aromatic carbocycles. The summed E-state index contributed by atoms with van der Waals surface area (Å²) in [5, 5.41) is 0. The molecule has 0 bridgehead atoms. The molecular formula is C18H20FNO7S. The number of hydrogen-bond acceptors (Lipinski definition) is 7. The van der Waals surface area contributed by atoms with Crippen molar-refractivity contribution in [3.8, 4) is 11.5 Å². The zero-order chi connectivity index (χ0) is 20.7. The molecule has 0 fully saturated rings. The van der Waals surface area contributed by atoms with Crippen molar-refractivity contribution in [1.82, 2.24) is 4.47 Å². The highest BCUT2D eigenvalue weighted by Crippen LogP contribution is 2.27. The Morgan fingerprint density at radius 1 is 1.07 bits per heavy atom. The number of hydroxylamine groups is 1. The van der Waals surface area contributed by atoms with Crippen LogP contribution in [0, 0.1) is 5.82 Å². The summed E-state index contributed by atoms with van der Waals surface area (Å²) in [6.45, 7) is -0.223. The number of rotatable bonds is 9. The maximum Gasteiger partial charge on any atom is 0.338 e. The number of ether oxygens (including phenoxy) is 3. The lowest BCUT2D eigenvalue weighted by Gasteiger charge is -2.17. The summed E-state index contributed by atoms with van der Waals surface area (Å²) in [5.41, 5.74) is -0.00484. The van der Waals surface area contributed by atoms with Gasteiger partial charge in [-0.15, -0.1) is 0 Å². The van der Waals surface area contributed by atoms with Crippen LogP contribution < -0.4 is 9.47 Å². The molecule has 0 saturated heterocycles. The van der Waals surface area contributed by atoms with Gasteiger partial charge in [0, 0.05) is 7.05 Å². The number of benzene rings is 2. The van der Waals surface area contributed by atoms with Gasteiger partial charge in [0.1, 0.15) is 23.9 Å². The molecule has 0 unspecified atom stereocenters. The predicted octanol–water partition coefficient (Wildman–Crippen LogP) is 2.25. The molecule has 8 nitrogen and oxygen atoms in total. The Morgan fingerprint density at radius 2 is 1.79 bits per heavy atom. The highest BCUT2D eigenvalue weighted by molar-refractivity contribution is 7.89. The van der Waals surface area contributed by atoms with Crippen LogP contribution in [0.3, 0.4) is 0 Å². The molecule has 0 N–H and O–H groups in total. The quantitative estimate of drug-likeness (QED) is 0.354. The van der Waals surface area contributed by atoms with E-state index >= 15 is 0 Å². The van der Waals surface area contributed by atoms with Crippen LogP contribution >= 0.6 is 0 Å². The first-order valence-corrected chi connectivity index (χ1v) is 9.50. The molecule has 10 heteroatoms. The van der Waals surface area contributed by atoms with E-state index in [1.165, 1.54) is 51.6 Å². The summed E-state index contributed by atoms with van der Waals surface area (Å²) < 4.78 is 54.3. The number of esters is 1. The molecule has 0 aliphatic carbocycles. The third-order valence-corrected chi connectivity index (χ3v) is 5.38. The van der Waals surface area contributed by atoms with E-state index in [0.717, 1.165) is 6.07 Å². The van der Waals surface area contributed by atoms with Gasteiger partial charge in [0.25, 0.3) is 10.0 Å². The van der Waals surface area contributed by atoms with Crippen LogP contribution in [-0.4, -0.2) is 53.3 Å². The molecule has 0 aromatic heterocycles. The lowest BCUT2D eigenvalue weighted by atomic mass is 10.2. The van der Waals surface area contributed by atoms with Gasteiger partial charge in [0.05, 0.1) is 19.8 Å². The Kier molecular flexibility index (Phi) is 7.32. The van der Waals surface area contributed by atoms with E-state index in [1.807, 2.05) is 0 Å². The van der Waals surface area contributed by atoms with E-state index in [4.69, 9.17) is 19.0 Å². The second-order valence-corrected chi connectivity index (χ2v) is 7.28. The van der Waals surface area contributed by atoms with E-state index in [0.29, 0.717) is 4.47 Å². The van der Waals surface area contributed by atoms with Crippen LogP contribution in [-0.2, 0) is 19.6 Å². The molecule has 0 amide bonds. The Labute approximate surface area is 162 Å². The first-order valence-electron chi connectivity index (χ1n) is 8.06. The van der Waals surface area contributed by atoms with E-state index in [2.05, 4.69) is 0 Å². The lowest BCUT2D eigenvalue weighted by Crippen LogP contribution is -2.26. The Hall–Kier alpha value is -2.69. The Bertz CT molecular complexity index is 933. The maximum atomic E-state index is 13.4. The average Bonchev–Trinajstić information content (AvgIpc) is 2.70. The average molecular weight is 413 g/mol. The van der Waals surface area contributed by atoms with Crippen LogP contribution in [0.4, 0.5) is 4.39 Å². The van der Waals surface area contributed by atoms with Crippen LogP contribution in [0.1, 0.15) is 10.4 Å². The van der Waals surface area contributed by atoms with Crippen LogP contribution in [0.25, 0.3) is 0 Å². The van der Waals surface area contributed by atoms with Crippen molar-refractivity contribution in [3.63, 3.8) is 0 Å². The number of para-hydroxylation sites is 1. The molecule has 28 heavy (non-hydrogen) atoms. The molecule has 152 valence electrons. The molecule has 0 atom stereocenters. The Morgan fingerprint density at radius 3 is 2.43 bits per heavy atom. The van der Waals surface area contributed by atoms with Crippen molar-refractivity contribution >= 4 is 16.0 Å². The fourth-order valence-corrected chi connectivity index (χ4v) is 3.33. The van der Waals surface area contributed by atoms with E-state index in [1.54, 1.807) is 6.07 Å². The normalized spacial score (nSPS) is 11.3. The zero-order valence-corrected chi connectivity index (χ0v) is 16.4. The molecule has 2 rings (SSSR count). The van der Waals surface area contributed by atoms with Crippen LogP contribution in [0.15, 0.2) is 47.4 Å². The van der Waals surface area contributed by atoms with E-state index < -0.39 is 21.8 Å². The van der Waals surface area contributed by atoms with Crippen LogP contribution in [0.5, 0.6) is 11.5 Å². The van der Waals surface area contributed by atoms with Crippen molar-refractivity contribution in [3.05, 3.63) is 53.8 Å². The fourth-order valence-electron chi connectivity index (χ4n) is 2.17. The highest BCUT2D eigenvalue weighted by Gasteiger charge is 2.26. The third-order valence-electron chi connectivity index (χ3n) is 3.68. The van der Waals surface area contributed by atoms with Gasteiger partial charge in [-0.3, -0.25) is 4.84 Å². The largest absolute Gasteiger partial charge is 0.495 e. The van der Waals surface area contributed by atoms with Crippen molar-refractivity contribution in [1.29, 1.82) is 0 Å². The third kappa shape index (κ3) is 4.97. The number of halogens is 1. The van der Waals surface area contributed by atoms with E-state index in [-0.39, 0.29) is 35.2 Å². The molecular weight excluding hydrogens is 393 g/mol. The van der Waals surface area contributed by atoms with Crippen molar-refractivity contribution < 1.29 is 36.7 Å². The SMILES string of the molecule is COc1ccc(C(=O)OCCOc2ccccc2F)cc1S(=O)(=O)N(C)OC. The molecule has 2 aromatic rings. The van der Waals surface area contributed by atoms with Gasteiger partial charge in [-0.1, -0.05) is 16.6 Å². The molecule has 0 heterocycles. The fraction of sp³-hybridized carbons (Fsp3) is 0.278. The molecule has 0 saturated carbocycles. The van der Waals surface area contributed by atoms with E-state index in [9.17, 15) is 17.6 Å². The first kappa shape index (κ1) is 21.6. The summed E-state index contributed by atoms with van der Waals surface area (Å²) in [5.74, 6) is -1.21. The number of hydrogen-bond donors (Lipinski definition) is 0. The summed E-state index contributed by atoms with van der Waals surface area (Å²) in [7, 11) is -0.337. The summed E-state index contributed by atoms with van der Waals surface area (Å²) >= 11 is 0. The minimum atomic E-state index is -4.04. The van der Waals surface area contributed by atoms with Crippen LogP contribution in [0.2, 0.25) is 0 Å². The molecule has 0 aliphatic rings. The Balaban J connectivity index is 2.07. The van der Waals surface area contributed by atoms with Gasteiger partial charge in [-0.25, -0.2) is 17.6 Å². The topological polar surface area (TPSA) is 91.4 Å². The maximum absolute atomic E-state index is 13.4. The van der Waals surface area contributed by atoms with Gasteiger partial charge in [0.15, 0.2) is 11.6 Å². The van der Waals surface area contributed by atoms with Gasteiger partial charge >= 0.3 is 5.97 Å².